The third-order valence-corrected chi connectivity index (χ3v) is 2.36. The maximum atomic E-state index is 11.0. The zero-order chi connectivity index (χ0) is 13.8. The van der Waals surface area contributed by atoms with Crippen LogP contribution in [0.2, 0.25) is 0 Å². The molecule has 0 unspecified atom stereocenters. The molecule has 0 atom stereocenters. The quantitative estimate of drug-likeness (QED) is 0.576. The van der Waals surface area contributed by atoms with E-state index in [2.05, 4.69) is 15.3 Å². The monoisotopic (exact) mass is 256 g/mol. The number of hydrogen-bond donors (Lipinski definition) is 2. The summed E-state index contributed by atoms with van der Waals surface area (Å²) in [7, 11) is 1.30. The number of aliphatic hydroxyl groups excluding tert-OH is 1. The normalized spacial score (nSPS) is 11.1. The second-order valence-electron chi connectivity index (χ2n) is 4.32. The first-order chi connectivity index (χ1) is 8.41. The molecule has 0 aliphatic heterocycles. The number of nitro groups is 1. The molecule has 1 rings (SSSR count). The van der Waals surface area contributed by atoms with E-state index in [0.717, 1.165) is 0 Å². The van der Waals surface area contributed by atoms with Gasteiger partial charge in [0.05, 0.1) is 12.0 Å². The van der Waals surface area contributed by atoms with Crippen molar-refractivity contribution in [1.82, 2.24) is 9.97 Å². The number of rotatable bonds is 6. The van der Waals surface area contributed by atoms with Crippen molar-refractivity contribution in [2.24, 2.45) is 0 Å². The molecule has 0 aromatic carbocycles. The van der Waals surface area contributed by atoms with Gasteiger partial charge in [-0.2, -0.15) is 4.98 Å². The van der Waals surface area contributed by atoms with Crippen molar-refractivity contribution < 1.29 is 14.8 Å². The Morgan fingerprint density at radius 2 is 2.22 bits per heavy atom. The fraction of sp³-hybridized carbons (Fsp3) is 0.600. The second kappa shape index (κ2) is 5.58. The summed E-state index contributed by atoms with van der Waals surface area (Å²) in [4.78, 5) is 17.9. The van der Waals surface area contributed by atoms with Crippen molar-refractivity contribution in [3.8, 4) is 5.88 Å². The highest BCUT2D eigenvalue weighted by atomic mass is 16.6. The minimum absolute atomic E-state index is 0.0317. The highest BCUT2D eigenvalue weighted by Gasteiger charge is 2.28. The molecule has 0 saturated carbocycles. The van der Waals surface area contributed by atoms with Gasteiger partial charge in [-0.3, -0.25) is 10.1 Å². The SMILES string of the molecule is COc1ncnc(NC(C)(C)CCO)c1[N+](=O)[O-]. The van der Waals surface area contributed by atoms with Crippen LogP contribution >= 0.6 is 0 Å². The number of aliphatic hydroxyl groups is 1. The average Bonchev–Trinajstić information content (AvgIpc) is 2.27. The minimum atomic E-state index is -0.601. The van der Waals surface area contributed by atoms with Gasteiger partial charge in [0, 0.05) is 12.1 Å². The van der Waals surface area contributed by atoms with E-state index in [4.69, 9.17) is 9.84 Å². The van der Waals surface area contributed by atoms with Gasteiger partial charge in [-0.1, -0.05) is 0 Å². The van der Waals surface area contributed by atoms with Crippen molar-refractivity contribution in [2.45, 2.75) is 25.8 Å². The highest BCUT2D eigenvalue weighted by molar-refractivity contribution is 5.61. The number of methoxy groups -OCH3 is 1. The largest absolute Gasteiger partial charge is 0.476 e. The van der Waals surface area contributed by atoms with Gasteiger partial charge in [0.2, 0.25) is 5.82 Å². The predicted octanol–water partition coefficient (Wildman–Crippen LogP) is 0.966. The predicted molar refractivity (Wildman–Crippen MR) is 64.6 cm³/mol. The Morgan fingerprint density at radius 1 is 1.56 bits per heavy atom. The standard InChI is InChI=1S/C10H16N4O4/c1-10(2,4-5-15)13-8-7(14(16)17)9(18-3)12-6-11-8/h6,15H,4-5H2,1-3H3,(H,11,12,13). The van der Waals surface area contributed by atoms with Crippen LogP contribution in [0.4, 0.5) is 11.5 Å². The molecule has 8 nitrogen and oxygen atoms in total. The first-order valence-electron chi connectivity index (χ1n) is 5.33. The van der Waals surface area contributed by atoms with Crippen molar-refractivity contribution >= 4 is 11.5 Å². The van der Waals surface area contributed by atoms with Crippen LogP contribution in [0, 0.1) is 10.1 Å². The van der Waals surface area contributed by atoms with Crippen LogP contribution in [0.1, 0.15) is 20.3 Å². The Labute approximate surface area is 104 Å². The molecular weight excluding hydrogens is 240 g/mol. The molecule has 2 N–H and O–H groups in total. The van der Waals surface area contributed by atoms with Crippen LogP contribution in [0.25, 0.3) is 0 Å². The molecule has 100 valence electrons. The fourth-order valence-corrected chi connectivity index (χ4v) is 1.43. The maximum Gasteiger partial charge on any atom is 0.372 e. The fourth-order valence-electron chi connectivity index (χ4n) is 1.43. The molecular formula is C10H16N4O4. The molecule has 0 aliphatic rings. The van der Waals surface area contributed by atoms with Crippen LogP contribution < -0.4 is 10.1 Å². The molecule has 0 amide bonds. The summed E-state index contributed by atoms with van der Waals surface area (Å²) in [5.74, 6) is -0.0254. The van der Waals surface area contributed by atoms with Crippen LogP contribution in [-0.2, 0) is 0 Å². The second-order valence-corrected chi connectivity index (χ2v) is 4.32. The molecule has 1 aromatic heterocycles. The third kappa shape index (κ3) is 3.27. The lowest BCUT2D eigenvalue weighted by molar-refractivity contribution is -0.385. The Morgan fingerprint density at radius 3 is 2.72 bits per heavy atom. The number of ether oxygens (including phenoxy) is 1. The van der Waals surface area contributed by atoms with Gasteiger partial charge in [-0.15, -0.1) is 0 Å². The first-order valence-corrected chi connectivity index (χ1v) is 5.33. The smallest absolute Gasteiger partial charge is 0.372 e. The van der Waals surface area contributed by atoms with Gasteiger partial charge in [0.1, 0.15) is 6.33 Å². The van der Waals surface area contributed by atoms with E-state index in [1.165, 1.54) is 13.4 Å². The van der Waals surface area contributed by atoms with Crippen LogP contribution in [-0.4, -0.2) is 39.3 Å². The summed E-state index contributed by atoms with van der Waals surface area (Å²) >= 11 is 0. The van der Waals surface area contributed by atoms with E-state index in [9.17, 15) is 10.1 Å². The number of hydrogen-bond acceptors (Lipinski definition) is 7. The van der Waals surface area contributed by atoms with Crippen molar-refractivity contribution in [2.75, 3.05) is 19.0 Å². The van der Waals surface area contributed by atoms with Gasteiger partial charge in [-0.25, -0.2) is 4.98 Å². The van der Waals surface area contributed by atoms with E-state index in [1.807, 2.05) is 13.8 Å². The summed E-state index contributed by atoms with van der Waals surface area (Å²) in [5, 5.41) is 22.8. The molecule has 1 aromatic rings. The average molecular weight is 256 g/mol. The van der Waals surface area contributed by atoms with Crippen LogP contribution in [0.15, 0.2) is 6.33 Å². The topological polar surface area (TPSA) is 110 Å². The molecule has 0 fully saturated rings. The van der Waals surface area contributed by atoms with Gasteiger partial charge in [-0.05, 0) is 20.3 Å². The number of nitrogens with one attached hydrogen (secondary N) is 1. The Hall–Kier alpha value is -1.96. The van der Waals surface area contributed by atoms with Gasteiger partial charge >= 0.3 is 5.69 Å². The van der Waals surface area contributed by atoms with Crippen molar-refractivity contribution in [3.05, 3.63) is 16.4 Å². The summed E-state index contributed by atoms with van der Waals surface area (Å²) in [6.45, 7) is 3.58. The zero-order valence-corrected chi connectivity index (χ0v) is 10.5. The molecule has 0 bridgehead atoms. The molecule has 0 aliphatic carbocycles. The summed E-state index contributed by atoms with van der Waals surface area (Å²) in [5.41, 5.74) is -0.843. The Kier molecular flexibility index (Phi) is 4.38. The van der Waals surface area contributed by atoms with E-state index in [-0.39, 0.29) is 24.0 Å². The summed E-state index contributed by atoms with van der Waals surface area (Å²) in [6.07, 6.45) is 1.61. The molecule has 1 heterocycles. The summed E-state index contributed by atoms with van der Waals surface area (Å²) in [6, 6.07) is 0. The third-order valence-electron chi connectivity index (χ3n) is 2.36. The first kappa shape index (κ1) is 14.1. The van der Waals surface area contributed by atoms with E-state index >= 15 is 0 Å². The van der Waals surface area contributed by atoms with Crippen molar-refractivity contribution in [3.63, 3.8) is 0 Å². The van der Waals surface area contributed by atoms with E-state index in [0.29, 0.717) is 6.42 Å². The number of nitrogens with zero attached hydrogens (tertiary/aromatic N) is 3. The van der Waals surface area contributed by atoms with Crippen LogP contribution in [0.5, 0.6) is 5.88 Å². The van der Waals surface area contributed by atoms with Gasteiger partial charge in [0.25, 0.3) is 5.88 Å². The minimum Gasteiger partial charge on any atom is -0.476 e. The maximum absolute atomic E-state index is 11.0. The molecule has 8 heteroatoms. The molecule has 0 spiro atoms. The Balaban J connectivity index is 3.12. The molecule has 0 radical (unpaired) electrons. The number of anilines is 1. The lowest BCUT2D eigenvalue weighted by Gasteiger charge is -2.25. The van der Waals surface area contributed by atoms with Gasteiger partial charge < -0.3 is 15.2 Å². The Bertz CT molecular complexity index is 436. The van der Waals surface area contributed by atoms with Crippen LogP contribution in [0.3, 0.4) is 0 Å². The zero-order valence-electron chi connectivity index (χ0n) is 10.5. The van der Waals surface area contributed by atoms with E-state index in [1.54, 1.807) is 0 Å². The molecule has 18 heavy (non-hydrogen) atoms. The van der Waals surface area contributed by atoms with E-state index < -0.39 is 10.5 Å². The molecule has 0 saturated heterocycles. The van der Waals surface area contributed by atoms with Crippen molar-refractivity contribution in [1.29, 1.82) is 0 Å². The van der Waals surface area contributed by atoms with Gasteiger partial charge in [0.15, 0.2) is 0 Å². The lowest BCUT2D eigenvalue weighted by atomic mass is 10.0. The number of aromatic nitrogens is 2. The highest BCUT2D eigenvalue weighted by Crippen LogP contribution is 2.32. The lowest BCUT2D eigenvalue weighted by Crippen LogP contribution is -2.32. The summed E-state index contributed by atoms with van der Waals surface area (Å²) < 4.78 is 4.84.